The maximum atomic E-state index is 12.2. The molecule has 21 heavy (non-hydrogen) atoms. The van der Waals surface area contributed by atoms with E-state index in [0.717, 1.165) is 19.3 Å². The molecule has 0 spiro atoms. The number of nitrogens with zero attached hydrogens (tertiary/aromatic N) is 1. The van der Waals surface area contributed by atoms with E-state index in [1.54, 1.807) is 18.9 Å². The molecule has 1 aliphatic heterocycles. The van der Waals surface area contributed by atoms with E-state index in [1.165, 1.54) is 0 Å². The van der Waals surface area contributed by atoms with Crippen LogP contribution in [0.1, 0.15) is 46.5 Å². The van der Waals surface area contributed by atoms with Crippen LogP contribution >= 0.6 is 0 Å². The standard InChI is InChI=1S/C15H28N2O4/c1-10(14(18)19)6-5-7-11(2)16-15(20)17(4)13-8-9-21-12(13)3/h10-13H,5-9H2,1-4H3,(H,16,20)(H,18,19). The summed E-state index contributed by atoms with van der Waals surface area (Å²) in [4.78, 5) is 24.6. The molecule has 2 N–H and O–H groups in total. The van der Waals surface area contributed by atoms with Crippen LogP contribution in [0.4, 0.5) is 4.79 Å². The number of carbonyl (C=O) groups is 2. The topological polar surface area (TPSA) is 78.9 Å². The zero-order chi connectivity index (χ0) is 16.0. The minimum atomic E-state index is -0.762. The molecule has 0 aromatic rings. The van der Waals surface area contributed by atoms with E-state index in [2.05, 4.69) is 5.32 Å². The monoisotopic (exact) mass is 300 g/mol. The highest BCUT2D eigenvalue weighted by atomic mass is 16.5. The van der Waals surface area contributed by atoms with Crippen molar-refractivity contribution in [2.45, 2.75) is 64.6 Å². The Bertz CT molecular complexity index is 362. The molecule has 0 radical (unpaired) electrons. The second-order valence-electron chi connectivity index (χ2n) is 6.06. The lowest BCUT2D eigenvalue weighted by Crippen LogP contribution is -2.48. The van der Waals surface area contributed by atoms with Gasteiger partial charge in [-0.05, 0) is 33.1 Å². The summed E-state index contributed by atoms with van der Waals surface area (Å²) in [5.41, 5.74) is 0. The Labute approximate surface area is 126 Å². The Hall–Kier alpha value is -1.30. The molecule has 1 heterocycles. The van der Waals surface area contributed by atoms with Crippen molar-refractivity contribution >= 4 is 12.0 Å². The molecule has 6 nitrogen and oxygen atoms in total. The Morgan fingerprint density at radius 1 is 1.38 bits per heavy atom. The summed E-state index contributed by atoms with van der Waals surface area (Å²) in [7, 11) is 1.80. The Morgan fingerprint density at radius 3 is 2.57 bits per heavy atom. The molecule has 0 saturated carbocycles. The van der Waals surface area contributed by atoms with E-state index in [0.29, 0.717) is 13.0 Å². The summed E-state index contributed by atoms with van der Waals surface area (Å²) in [6.07, 6.45) is 3.16. The van der Waals surface area contributed by atoms with Gasteiger partial charge in [-0.3, -0.25) is 4.79 Å². The van der Waals surface area contributed by atoms with Crippen LogP contribution in [0.2, 0.25) is 0 Å². The fourth-order valence-corrected chi connectivity index (χ4v) is 2.62. The zero-order valence-electron chi connectivity index (χ0n) is 13.5. The largest absolute Gasteiger partial charge is 0.481 e. The van der Waals surface area contributed by atoms with Crippen molar-refractivity contribution < 1.29 is 19.4 Å². The van der Waals surface area contributed by atoms with E-state index >= 15 is 0 Å². The molecule has 1 aliphatic rings. The molecule has 6 heteroatoms. The molecule has 1 fully saturated rings. The minimum Gasteiger partial charge on any atom is -0.481 e. The number of aliphatic carboxylic acids is 1. The summed E-state index contributed by atoms with van der Waals surface area (Å²) in [6.45, 7) is 6.34. The van der Waals surface area contributed by atoms with Crippen LogP contribution in [-0.2, 0) is 9.53 Å². The average Bonchev–Trinajstić information content (AvgIpc) is 2.83. The van der Waals surface area contributed by atoms with E-state index in [4.69, 9.17) is 9.84 Å². The summed E-state index contributed by atoms with van der Waals surface area (Å²) >= 11 is 0. The molecule has 0 aliphatic carbocycles. The van der Waals surface area contributed by atoms with Crippen LogP contribution in [0, 0.1) is 5.92 Å². The van der Waals surface area contributed by atoms with Gasteiger partial charge in [-0.1, -0.05) is 13.3 Å². The summed E-state index contributed by atoms with van der Waals surface area (Å²) in [5, 5.41) is 11.8. The predicted molar refractivity (Wildman–Crippen MR) is 80.2 cm³/mol. The van der Waals surface area contributed by atoms with Gasteiger partial charge in [0.15, 0.2) is 0 Å². The lowest BCUT2D eigenvalue weighted by Gasteiger charge is -2.28. The normalized spacial score (nSPS) is 24.4. The number of rotatable bonds is 7. The molecular formula is C15H28N2O4. The smallest absolute Gasteiger partial charge is 0.317 e. The third-order valence-corrected chi connectivity index (χ3v) is 4.22. The maximum absolute atomic E-state index is 12.2. The first-order valence-electron chi connectivity index (χ1n) is 7.70. The fourth-order valence-electron chi connectivity index (χ4n) is 2.62. The van der Waals surface area contributed by atoms with E-state index < -0.39 is 5.97 Å². The molecule has 1 saturated heterocycles. The molecule has 1 rings (SSSR count). The first kappa shape index (κ1) is 17.8. The number of ether oxygens (including phenoxy) is 1. The number of hydrogen-bond acceptors (Lipinski definition) is 3. The lowest BCUT2D eigenvalue weighted by molar-refractivity contribution is -0.141. The van der Waals surface area contributed by atoms with Crippen molar-refractivity contribution in [1.29, 1.82) is 0 Å². The highest BCUT2D eigenvalue weighted by Crippen LogP contribution is 2.18. The first-order chi connectivity index (χ1) is 9.82. The molecular weight excluding hydrogens is 272 g/mol. The number of likely N-dealkylation sites (N-methyl/N-ethyl adjacent to an activating group) is 1. The summed E-state index contributed by atoms with van der Waals surface area (Å²) < 4.78 is 5.48. The third kappa shape index (κ3) is 5.53. The van der Waals surface area contributed by atoms with Gasteiger partial charge in [-0.2, -0.15) is 0 Å². The van der Waals surface area contributed by atoms with E-state index in [1.807, 2.05) is 13.8 Å². The first-order valence-corrected chi connectivity index (χ1v) is 7.70. The van der Waals surface area contributed by atoms with Gasteiger partial charge in [0.2, 0.25) is 0 Å². The van der Waals surface area contributed by atoms with Crippen LogP contribution in [-0.4, -0.2) is 53.8 Å². The van der Waals surface area contributed by atoms with Gasteiger partial charge in [0.1, 0.15) is 0 Å². The average molecular weight is 300 g/mol. The number of urea groups is 1. The predicted octanol–water partition coefficient (Wildman–Crippen LogP) is 2.08. The van der Waals surface area contributed by atoms with Gasteiger partial charge in [0.05, 0.1) is 18.1 Å². The Morgan fingerprint density at radius 2 is 2.05 bits per heavy atom. The number of amides is 2. The second-order valence-corrected chi connectivity index (χ2v) is 6.06. The number of nitrogens with one attached hydrogen (secondary N) is 1. The van der Waals surface area contributed by atoms with Crippen LogP contribution in [0.3, 0.4) is 0 Å². The second kappa shape index (κ2) is 8.22. The maximum Gasteiger partial charge on any atom is 0.317 e. The van der Waals surface area contributed by atoms with Crippen LogP contribution < -0.4 is 5.32 Å². The SMILES string of the molecule is CC(CCCC(C)C(=O)O)NC(=O)N(C)C1CCOC1C. The summed E-state index contributed by atoms with van der Waals surface area (Å²) in [6, 6.07) is 0.0824. The van der Waals surface area contributed by atoms with Crippen molar-refractivity contribution in [3.05, 3.63) is 0 Å². The highest BCUT2D eigenvalue weighted by Gasteiger charge is 2.30. The third-order valence-electron chi connectivity index (χ3n) is 4.22. The molecule has 2 amide bonds. The Kier molecular flexibility index (Phi) is 6.95. The quantitative estimate of drug-likeness (QED) is 0.754. The lowest BCUT2D eigenvalue weighted by atomic mass is 10.0. The van der Waals surface area contributed by atoms with Gasteiger partial charge >= 0.3 is 12.0 Å². The molecule has 4 atom stereocenters. The molecule has 0 aromatic heterocycles. The number of hydrogen-bond donors (Lipinski definition) is 2. The Balaban J connectivity index is 2.28. The van der Waals surface area contributed by atoms with Crippen molar-refractivity contribution in [1.82, 2.24) is 10.2 Å². The van der Waals surface area contributed by atoms with Gasteiger partial charge in [0, 0.05) is 19.7 Å². The van der Waals surface area contributed by atoms with Gasteiger partial charge in [0.25, 0.3) is 0 Å². The number of carboxylic acid groups (broad SMARTS) is 1. The van der Waals surface area contributed by atoms with Gasteiger partial charge < -0.3 is 20.1 Å². The minimum absolute atomic E-state index is 0.0403. The van der Waals surface area contributed by atoms with Gasteiger partial charge in [-0.25, -0.2) is 4.79 Å². The van der Waals surface area contributed by atoms with E-state index in [9.17, 15) is 9.59 Å². The van der Waals surface area contributed by atoms with Crippen molar-refractivity contribution in [2.24, 2.45) is 5.92 Å². The highest BCUT2D eigenvalue weighted by molar-refractivity contribution is 5.74. The molecule has 4 unspecified atom stereocenters. The molecule has 0 bridgehead atoms. The van der Waals surface area contributed by atoms with Crippen LogP contribution in [0.15, 0.2) is 0 Å². The molecule has 0 aromatic carbocycles. The fraction of sp³-hybridized carbons (Fsp3) is 0.867. The number of carboxylic acids is 1. The van der Waals surface area contributed by atoms with Crippen molar-refractivity contribution in [3.8, 4) is 0 Å². The van der Waals surface area contributed by atoms with E-state index in [-0.39, 0.29) is 30.1 Å². The number of carbonyl (C=O) groups excluding carboxylic acids is 1. The van der Waals surface area contributed by atoms with Gasteiger partial charge in [-0.15, -0.1) is 0 Å². The van der Waals surface area contributed by atoms with Crippen molar-refractivity contribution in [3.63, 3.8) is 0 Å². The summed E-state index contributed by atoms with van der Waals surface area (Å²) in [5.74, 6) is -1.09. The van der Waals surface area contributed by atoms with Crippen LogP contribution in [0.25, 0.3) is 0 Å². The molecule has 122 valence electrons. The van der Waals surface area contributed by atoms with Crippen LogP contribution in [0.5, 0.6) is 0 Å². The van der Waals surface area contributed by atoms with Crippen molar-refractivity contribution in [2.75, 3.05) is 13.7 Å². The zero-order valence-corrected chi connectivity index (χ0v) is 13.5.